The number of likely N-dealkylation sites (N-methyl/N-ethyl adjacent to an activating group) is 1. The summed E-state index contributed by atoms with van der Waals surface area (Å²) in [6, 6.07) is 8.38. The summed E-state index contributed by atoms with van der Waals surface area (Å²) in [5, 5.41) is 13.3. The number of alkyl halides is 4. The predicted octanol–water partition coefficient (Wildman–Crippen LogP) is 4.59. The molecule has 2 aromatic heterocycles. The average molecular weight is 532 g/mol. The summed E-state index contributed by atoms with van der Waals surface area (Å²) in [5.41, 5.74) is -1.95. The molecule has 0 unspecified atom stereocenters. The summed E-state index contributed by atoms with van der Waals surface area (Å²) in [6.45, 7) is -0.757. The lowest BCUT2D eigenvalue weighted by molar-refractivity contribution is -0.287. The van der Waals surface area contributed by atoms with Crippen LogP contribution in [0.1, 0.15) is 17.6 Å². The van der Waals surface area contributed by atoms with Crippen molar-refractivity contribution in [1.29, 1.82) is 5.26 Å². The zero-order valence-electron chi connectivity index (χ0n) is 19.0. The summed E-state index contributed by atoms with van der Waals surface area (Å²) >= 11 is 0. The fourth-order valence-corrected chi connectivity index (χ4v) is 3.89. The van der Waals surface area contributed by atoms with Crippen molar-refractivity contribution < 1.29 is 40.6 Å². The van der Waals surface area contributed by atoms with E-state index >= 15 is 0 Å². The maximum Gasteiger partial charge on any atom is 0.586 e. The van der Waals surface area contributed by atoms with E-state index in [9.17, 15) is 36.8 Å². The summed E-state index contributed by atoms with van der Waals surface area (Å²) in [7, 11) is 1.13. The Morgan fingerprint density at radius 1 is 1.21 bits per heavy atom. The fraction of sp³-hybridized carbons (Fsp3) is 0.167. The second-order valence-corrected chi connectivity index (χ2v) is 8.08. The highest BCUT2D eigenvalue weighted by Crippen LogP contribution is 2.45. The quantitative estimate of drug-likeness (QED) is 0.346. The van der Waals surface area contributed by atoms with Crippen molar-refractivity contribution in [1.82, 2.24) is 9.78 Å². The number of aromatic nitrogens is 2. The van der Waals surface area contributed by atoms with Crippen LogP contribution < -0.4 is 19.9 Å². The smallest absolute Gasteiger partial charge is 0.462 e. The fourth-order valence-electron chi connectivity index (χ4n) is 3.89. The first-order valence-corrected chi connectivity index (χ1v) is 10.7. The van der Waals surface area contributed by atoms with E-state index in [0.29, 0.717) is 4.68 Å². The van der Waals surface area contributed by atoms with Crippen molar-refractivity contribution in [2.24, 2.45) is 0 Å². The van der Waals surface area contributed by atoms with Crippen LogP contribution in [0.5, 0.6) is 11.5 Å². The molecule has 0 saturated carbocycles. The first-order chi connectivity index (χ1) is 18.0. The SMILES string of the molecule is CN(C(=O)Cn1nc(-c2cc(C#N)cc(C(F)F)c2)c2occc2c1=O)c1ccc2c(c1F)OC(F)(F)O2. The molecular formula is C24H13F5N4O5. The topological polar surface area (TPSA) is 111 Å². The number of hydrogen-bond donors (Lipinski definition) is 0. The van der Waals surface area contributed by atoms with Crippen LogP contribution in [0.15, 0.2) is 51.9 Å². The molecule has 1 aliphatic rings. The van der Waals surface area contributed by atoms with Crippen LogP contribution in [0.2, 0.25) is 0 Å². The van der Waals surface area contributed by atoms with Gasteiger partial charge in [0.05, 0.1) is 29.0 Å². The van der Waals surface area contributed by atoms with Gasteiger partial charge in [-0.05, 0) is 36.4 Å². The Bertz CT molecular complexity index is 1710. The van der Waals surface area contributed by atoms with E-state index < -0.39 is 59.3 Å². The second-order valence-electron chi connectivity index (χ2n) is 8.08. The second kappa shape index (κ2) is 8.87. The Morgan fingerprint density at radius 3 is 2.68 bits per heavy atom. The highest BCUT2D eigenvalue weighted by atomic mass is 19.3. The first-order valence-electron chi connectivity index (χ1n) is 10.7. The minimum Gasteiger partial charge on any atom is -0.462 e. The minimum absolute atomic E-state index is 0.0246. The van der Waals surface area contributed by atoms with Gasteiger partial charge in [0.2, 0.25) is 11.7 Å². The molecule has 5 rings (SSSR count). The van der Waals surface area contributed by atoms with Gasteiger partial charge in [-0.3, -0.25) is 9.59 Å². The van der Waals surface area contributed by atoms with Crippen molar-refractivity contribution in [3.05, 3.63) is 70.0 Å². The molecule has 1 amide bonds. The molecule has 0 aliphatic carbocycles. The molecule has 0 bridgehead atoms. The number of nitriles is 1. The zero-order valence-corrected chi connectivity index (χ0v) is 19.0. The third kappa shape index (κ3) is 4.17. The molecule has 14 heteroatoms. The molecule has 0 radical (unpaired) electrons. The third-order valence-electron chi connectivity index (χ3n) is 5.69. The highest BCUT2D eigenvalue weighted by Gasteiger charge is 2.45. The molecule has 9 nitrogen and oxygen atoms in total. The molecule has 3 heterocycles. The summed E-state index contributed by atoms with van der Waals surface area (Å²) in [4.78, 5) is 26.7. The summed E-state index contributed by atoms with van der Waals surface area (Å²) < 4.78 is 82.7. The van der Waals surface area contributed by atoms with Gasteiger partial charge in [-0.1, -0.05) is 0 Å². The molecule has 1 aliphatic heterocycles. The normalized spacial score (nSPS) is 13.6. The number of hydrogen-bond acceptors (Lipinski definition) is 7. The maximum absolute atomic E-state index is 14.9. The number of anilines is 1. The first kappa shape index (κ1) is 24.8. The van der Waals surface area contributed by atoms with E-state index in [1.54, 1.807) is 6.07 Å². The van der Waals surface area contributed by atoms with E-state index in [1.165, 1.54) is 12.1 Å². The van der Waals surface area contributed by atoms with Crippen LogP contribution >= 0.6 is 0 Å². The Hall–Kier alpha value is -4.93. The van der Waals surface area contributed by atoms with Crippen molar-refractivity contribution in [2.75, 3.05) is 11.9 Å². The molecular weight excluding hydrogens is 519 g/mol. The maximum atomic E-state index is 14.9. The molecule has 4 aromatic rings. The Balaban J connectivity index is 1.53. The van der Waals surface area contributed by atoms with Crippen LogP contribution in [-0.4, -0.2) is 29.0 Å². The van der Waals surface area contributed by atoms with Crippen molar-refractivity contribution >= 4 is 22.6 Å². The number of fused-ring (bicyclic) bond motifs is 2. The highest BCUT2D eigenvalue weighted by molar-refractivity contribution is 5.94. The van der Waals surface area contributed by atoms with Gasteiger partial charge in [0, 0.05) is 18.2 Å². The predicted molar refractivity (Wildman–Crippen MR) is 119 cm³/mol. The van der Waals surface area contributed by atoms with Gasteiger partial charge in [-0.15, -0.1) is 8.78 Å². The van der Waals surface area contributed by atoms with Crippen molar-refractivity contribution in [3.63, 3.8) is 0 Å². The molecule has 0 spiro atoms. The number of rotatable bonds is 5. The van der Waals surface area contributed by atoms with E-state index in [-0.39, 0.29) is 27.8 Å². The van der Waals surface area contributed by atoms with Gasteiger partial charge in [-0.2, -0.15) is 10.4 Å². The van der Waals surface area contributed by atoms with Crippen molar-refractivity contribution in [2.45, 2.75) is 19.3 Å². The lowest BCUT2D eigenvalue weighted by Crippen LogP contribution is -2.35. The number of halogens is 5. The van der Waals surface area contributed by atoms with Gasteiger partial charge >= 0.3 is 6.29 Å². The number of furan rings is 1. The molecule has 194 valence electrons. The monoisotopic (exact) mass is 532 g/mol. The zero-order chi connectivity index (χ0) is 27.4. The van der Waals surface area contributed by atoms with Crippen molar-refractivity contribution in [3.8, 4) is 28.8 Å². The Morgan fingerprint density at radius 2 is 1.97 bits per heavy atom. The van der Waals surface area contributed by atoms with Gasteiger partial charge in [0.15, 0.2) is 17.1 Å². The number of benzene rings is 2. The standard InChI is InChI=1S/C24H13F5N4O5/c1-32(15-2-3-16-21(18(15)25)38-24(28,29)37-16)17(34)10-33-23(35)14-4-5-36-20(14)19(31-33)12-6-11(9-30)7-13(8-12)22(26)27/h2-8,22H,10H2,1H3. The Kier molecular flexibility index (Phi) is 5.78. The number of carbonyl (C=O) groups is 1. The van der Waals surface area contributed by atoms with Gasteiger partial charge in [-0.25, -0.2) is 17.9 Å². The van der Waals surface area contributed by atoms with Crippen LogP contribution in [0, 0.1) is 17.1 Å². The molecule has 2 aromatic carbocycles. The molecule has 0 atom stereocenters. The molecule has 0 fully saturated rings. The van der Waals surface area contributed by atoms with E-state index in [1.807, 2.05) is 0 Å². The van der Waals surface area contributed by atoms with Gasteiger partial charge in [0.1, 0.15) is 12.2 Å². The number of carbonyl (C=O) groups excluding carboxylic acids is 1. The number of nitrogens with zero attached hydrogens (tertiary/aromatic N) is 4. The average Bonchev–Trinajstić information content (AvgIpc) is 3.49. The molecule has 38 heavy (non-hydrogen) atoms. The van der Waals surface area contributed by atoms with Gasteiger partial charge < -0.3 is 18.8 Å². The lowest BCUT2D eigenvalue weighted by Gasteiger charge is -2.19. The van der Waals surface area contributed by atoms with E-state index in [2.05, 4.69) is 14.6 Å². The largest absolute Gasteiger partial charge is 0.586 e. The Labute approximate surface area is 208 Å². The van der Waals surface area contributed by atoms with Crippen LogP contribution in [0.25, 0.3) is 22.2 Å². The number of ether oxygens (including phenoxy) is 2. The summed E-state index contributed by atoms with van der Waals surface area (Å²) in [6.07, 6.45) is -5.83. The van der Waals surface area contributed by atoms with Gasteiger partial charge in [0.25, 0.3) is 12.0 Å². The lowest BCUT2D eigenvalue weighted by atomic mass is 10.0. The molecule has 0 saturated heterocycles. The van der Waals surface area contributed by atoms with E-state index in [0.717, 1.165) is 42.5 Å². The molecule has 0 N–H and O–H groups in total. The van der Waals surface area contributed by atoms with E-state index in [4.69, 9.17) is 4.42 Å². The van der Waals surface area contributed by atoms with Crippen LogP contribution in [0.4, 0.5) is 27.6 Å². The number of amides is 1. The van der Waals surface area contributed by atoms with Crippen LogP contribution in [0.3, 0.4) is 0 Å². The van der Waals surface area contributed by atoms with Crippen LogP contribution in [-0.2, 0) is 11.3 Å². The minimum atomic E-state index is -4.08. The summed E-state index contributed by atoms with van der Waals surface area (Å²) in [5.74, 6) is -3.64. The third-order valence-corrected chi connectivity index (χ3v) is 5.69.